The van der Waals surface area contributed by atoms with Crippen LogP contribution < -0.4 is 10.6 Å². The highest BCUT2D eigenvalue weighted by Gasteiger charge is 2.30. The van der Waals surface area contributed by atoms with E-state index in [1.54, 1.807) is 0 Å². The molecule has 1 aromatic rings. The van der Waals surface area contributed by atoms with Crippen molar-refractivity contribution in [1.29, 1.82) is 0 Å². The normalized spacial score (nSPS) is 15.8. The van der Waals surface area contributed by atoms with Crippen LogP contribution >= 0.6 is 0 Å². The van der Waals surface area contributed by atoms with Gasteiger partial charge in [0.1, 0.15) is 19.2 Å². The summed E-state index contributed by atoms with van der Waals surface area (Å²) in [6.07, 6.45) is 3.94. The third kappa shape index (κ3) is 6.45. The minimum atomic E-state index is -1.04. The molecule has 3 N–H and O–H groups in total. The lowest BCUT2D eigenvalue weighted by atomic mass is 9.84. The van der Waals surface area contributed by atoms with Gasteiger partial charge < -0.3 is 20.5 Å². The zero-order chi connectivity index (χ0) is 18.1. The maximum atomic E-state index is 11.9. The molecule has 0 bridgehead atoms. The molecule has 1 aliphatic carbocycles. The van der Waals surface area contributed by atoms with Crippen LogP contribution in [0.4, 0.5) is 4.79 Å². The number of hydrogen-bond acceptors (Lipinski definition) is 4. The first-order chi connectivity index (χ1) is 12.1. The summed E-state index contributed by atoms with van der Waals surface area (Å²) in [5.74, 6) is -1.62. The van der Waals surface area contributed by atoms with Crippen molar-refractivity contribution in [2.24, 2.45) is 5.92 Å². The fraction of sp³-hybridized carbons (Fsp3) is 0.500. The molecule has 1 atom stereocenters. The number of aliphatic carboxylic acids is 1. The second kappa shape index (κ2) is 9.66. The van der Waals surface area contributed by atoms with E-state index in [-0.39, 0.29) is 19.1 Å². The molecule has 1 aliphatic rings. The van der Waals surface area contributed by atoms with E-state index < -0.39 is 24.0 Å². The average molecular weight is 348 g/mol. The van der Waals surface area contributed by atoms with Crippen molar-refractivity contribution in [1.82, 2.24) is 10.6 Å². The van der Waals surface area contributed by atoms with Crippen molar-refractivity contribution in [3.8, 4) is 0 Å². The fourth-order valence-corrected chi connectivity index (χ4v) is 3.00. The molecule has 7 nitrogen and oxygen atoms in total. The lowest BCUT2D eigenvalue weighted by molar-refractivity contribution is -0.143. The largest absolute Gasteiger partial charge is 0.480 e. The Morgan fingerprint density at radius 3 is 2.44 bits per heavy atom. The smallest absolute Gasteiger partial charge is 0.407 e. The first-order valence-electron chi connectivity index (χ1n) is 8.53. The number of rotatable bonds is 7. The Balaban J connectivity index is 1.72. The molecule has 2 rings (SSSR count). The van der Waals surface area contributed by atoms with Crippen LogP contribution in [0.15, 0.2) is 30.3 Å². The number of carbonyl (C=O) groups is 3. The average Bonchev–Trinajstić information content (AvgIpc) is 2.64. The molecule has 0 radical (unpaired) electrons. The van der Waals surface area contributed by atoms with Gasteiger partial charge in [-0.25, -0.2) is 9.59 Å². The van der Waals surface area contributed by atoms with Gasteiger partial charge in [0, 0.05) is 0 Å². The predicted octanol–water partition coefficient (Wildman–Crippen LogP) is 2.06. The molecule has 0 spiro atoms. The number of benzene rings is 1. The van der Waals surface area contributed by atoms with Crippen molar-refractivity contribution in [2.75, 3.05) is 6.54 Å². The summed E-state index contributed by atoms with van der Waals surface area (Å²) in [6, 6.07) is 8.26. The van der Waals surface area contributed by atoms with E-state index in [0.29, 0.717) is 0 Å². The topological polar surface area (TPSA) is 105 Å². The zero-order valence-electron chi connectivity index (χ0n) is 14.1. The standard InChI is InChI=1S/C18H24N2O5/c21-15(20-16(17(22)23)14-9-5-2-6-10-14)11-19-18(24)25-12-13-7-3-1-4-8-13/h1,3-4,7-8,14,16H,2,5-6,9-12H2,(H,19,24)(H,20,21)(H,22,23)/t16-/m1/s1. The van der Waals surface area contributed by atoms with Crippen LogP contribution in [0, 0.1) is 5.92 Å². The van der Waals surface area contributed by atoms with Crippen LogP contribution in [0.1, 0.15) is 37.7 Å². The molecular formula is C18H24N2O5. The van der Waals surface area contributed by atoms with Gasteiger partial charge in [0.2, 0.25) is 5.91 Å². The molecule has 25 heavy (non-hydrogen) atoms. The lowest BCUT2D eigenvalue weighted by Crippen LogP contribution is -2.49. The maximum Gasteiger partial charge on any atom is 0.407 e. The van der Waals surface area contributed by atoms with Gasteiger partial charge in [0.25, 0.3) is 0 Å². The molecular weight excluding hydrogens is 324 g/mol. The molecule has 1 aromatic carbocycles. The van der Waals surface area contributed by atoms with Crippen molar-refractivity contribution in [3.63, 3.8) is 0 Å². The number of carboxylic acid groups (broad SMARTS) is 1. The van der Waals surface area contributed by atoms with Gasteiger partial charge in [0.05, 0.1) is 0 Å². The van der Waals surface area contributed by atoms with E-state index in [1.807, 2.05) is 30.3 Å². The Labute approximate surface area is 146 Å². The highest BCUT2D eigenvalue weighted by molar-refractivity contribution is 5.86. The first kappa shape index (κ1) is 18.8. The van der Waals surface area contributed by atoms with Gasteiger partial charge in [-0.15, -0.1) is 0 Å². The maximum absolute atomic E-state index is 11.9. The van der Waals surface area contributed by atoms with Crippen molar-refractivity contribution in [2.45, 2.75) is 44.8 Å². The molecule has 0 heterocycles. The molecule has 136 valence electrons. The van der Waals surface area contributed by atoms with E-state index in [2.05, 4.69) is 10.6 Å². The highest BCUT2D eigenvalue weighted by Crippen LogP contribution is 2.26. The third-order valence-electron chi connectivity index (χ3n) is 4.31. The third-order valence-corrected chi connectivity index (χ3v) is 4.31. The Morgan fingerprint density at radius 1 is 1.12 bits per heavy atom. The second-order valence-corrected chi connectivity index (χ2v) is 6.20. The Morgan fingerprint density at radius 2 is 1.80 bits per heavy atom. The van der Waals surface area contributed by atoms with E-state index in [4.69, 9.17) is 4.74 Å². The summed E-state index contributed by atoms with van der Waals surface area (Å²) in [4.78, 5) is 35.0. The van der Waals surface area contributed by atoms with Crippen LogP contribution in [0.5, 0.6) is 0 Å². The molecule has 1 fully saturated rings. The van der Waals surface area contributed by atoms with Crippen LogP contribution in [0.25, 0.3) is 0 Å². The van der Waals surface area contributed by atoms with Gasteiger partial charge in [-0.05, 0) is 24.3 Å². The molecule has 0 saturated heterocycles. The number of ether oxygens (including phenoxy) is 1. The van der Waals surface area contributed by atoms with Crippen LogP contribution in [-0.2, 0) is 20.9 Å². The Kier molecular flexibility index (Phi) is 7.25. The Hall–Kier alpha value is -2.57. The van der Waals surface area contributed by atoms with Crippen molar-refractivity contribution in [3.05, 3.63) is 35.9 Å². The van der Waals surface area contributed by atoms with Gasteiger partial charge >= 0.3 is 12.1 Å². The van der Waals surface area contributed by atoms with Gasteiger partial charge in [0.15, 0.2) is 0 Å². The lowest BCUT2D eigenvalue weighted by Gasteiger charge is -2.28. The van der Waals surface area contributed by atoms with Crippen LogP contribution in [0.2, 0.25) is 0 Å². The molecule has 0 aromatic heterocycles. The number of hydrogen-bond donors (Lipinski definition) is 3. The summed E-state index contributed by atoms with van der Waals surface area (Å²) < 4.78 is 5.00. The van der Waals surface area contributed by atoms with Gasteiger partial charge in [-0.1, -0.05) is 49.6 Å². The Bertz CT molecular complexity index is 584. The molecule has 1 saturated carbocycles. The molecule has 2 amide bonds. The summed E-state index contributed by atoms with van der Waals surface area (Å²) in [6.45, 7) is -0.210. The molecule has 0 unspecified atom stereocenters. The minimum Gasteiger partial charge on any atom is -0.480 e. The number of nitrogens with one attached hydrogen (secondary N) is 2. The first-order valence-corrected chi connectivity index (χ1v) is 8.53. The molecule has 7 heteroatoms. The molecule has 0 aliphatic heterocycles. The van der Waals surface area contributed by atoms with Crippen molar-refractivity contribution < 1.29 is 24.2 Å². The van der Waals surface area contributed by atoms with E-state index >= 15 is 0 Å². The van der Waals surface area contributed by atoms with E-state index in [1.165, 1.54) is 0 Å². The summed E-state index contributed by atoms with van der Waals surface area (Å²) in [5, 5.41) is 14.2. The highest BCUT2D eigenvalue weighted by atomic mass is 16.5. The summed E-state index contributed by atoms with van der Waals surface area (Å²) in [7, 11) is 0. The zero-order valence-corrected chi connectivity index (χ0v) is 14.1. The summed E-state index contributed by atoms with van der Waals surface area (Å²) in [5.41, 5.74) is 0.838. The number of carboxylic acids is 1. The van der Waals surface area contributed by atoms with E-state index in [0.717, 1.165) is 37.7 Å². The minimum absolute atomic E-state index is 0.0553. The summed E-state index contributed by atoms with van der Waals surface area (Å²) >= 11 is 0. The van der Waals surface area contributed by atoms with Crippen LogP contribution in [-0.4, -0.2) is 35.7 Å². The predicted molar refractivity (Wildman–Crippen MR) is 90.8 cm³/mol. The van der Waals surface area contributed by atoms with Crippen molar-refractivity contribution >= 4 is 18.0 Å². The fourth-order valence-electron chi connectivity index (χ4n) is 3.00. The quantitative estimate of drug-likeness (QED) is 0.699. The second-order valence-electron chi connectivity index (χ2n) is 6.20. The van der Waals surface area contributed by atoms with Gasteiger partial charge in [-0.3, -0.25) is 4.79 Å². The number of carbonyl (C=O) groups excluding carboxylic acids is 2. The number of alkyl carbamates (subject to hydrolysis) is 1. The SMILES string of the molecule is O=C(CNC(=O)OCc1ccccc1)N[C@@H](C(=O)O)C1CCCCC1. The van der Waals surface area contributed by atoms with Gasteiger partial charge in [-0.2, -0.15) is 0 Å². The van der Waals surface area contributed by atoms with E-state index in [9.17, 15) is 19.5 Å². The monoisotopic (exact) mass is 348 g/mol. The number of amides is 2. The van der Waals surface area contributed by atoms with Crippen LogP contribution in [0.3, 0.4) is 0 Å².